The van der Waals surface area contributed by atoms with Crippen LogP contribution in [0.15, 0.2) is 47.6 Å². The Morgan fingerprint density at radius 2 is 1.77 bits per heavy atom. The lowest BCUT2D eigenvalue weighted by atomic mass is 10.1. The lowest BCUT2D eigenvalue weighted by molar-refractivity contribution is -0.113. The summed E-state index contributed by atoms with van der Waals surface area (Å²) >= 11 is 1.39. The van der Waals surface area contributed by atoms with Crippen molar-refractivity contribution in [1.29, 1.82) is 0 Å². The van der Waals surface area contributed by atoms with Gasteiger partial charge in [-0.3, -0.25) is 9.36 Å². The Bertz CT molecular complexity index is 1060. The number of thioether (sulfide) groups is 1. The summed E-state index contributed by atoms with van der Waals surface area (Å²) in [6.07, 6.45) is 0. The summed E-state index contributed by atoms with van der Waals surface area (Å²) in [6, 6.07) is 14.2. The third kappa shape index (κ3) is 5.08. The maximum atomic E-state index is 12.6. The van der Waals surface area contributed by atoms with Crippen molar-refractivity contribution in [1.82, 2.24) is 14.8 Å². The van der Waals surface area contributed by atoms with Crippen molar-refractivity contribution >= 4 is 29.3 Å². The van der Waals surface area contributed by atoms with E-state index in [1.807, 2.05) is 29.7 Å². The first-order chi connectivity index (χ1) is 15.0. The maximum absolute atomic E-state index is 12.6. The van der Waals surface area contributed by atoms with Crippen LogP contribution >= 0.6 is 11.8 Å². The van der Waals surface area contributed by atoms with Gasteiger partial charge in [0, 0.05) is 18.8 Å². The molecular formula is C23H27N5O2S. The molecule has 0 atom stereocenters. The van der Waals surface area contributed by atoms with Gasteiger partial charge in [-0.05, 0) is 56.2 Å². The molecule has 3 aromatic rings. The van der Waals surface area contributed by atoms with E-state index in [2.05, 4.69) is 58.5 Å². The number of amides is 1. The van der Waals surface area contributed by atoms with Crippen LogP contribution in [0, 0.1) is 20.8 Å². The zero-order valence-corrected chi connectivity index (χ0v) is 18.9. The molecule has 0 saturated carbocycles. The van der Waals surface area contributed by atoms with Crippen LogP contribution in [0.2, 0.25) is 0 Å². The van der Waals surface area contributed by atoms with E-state index in [9.17, 15) is 4.79 Å². The van der Waals surface area contributed by atoms with Gasteiger partial charge < -0.3 is 15.0 Å². The number of aryl methyl sites for hydroxylation is 3. The number of nitrogens with zero attached hydrogens (tertiary/aromatic N) is 4. The number of benzene rings is 2. The number of aromatic nitrogens is 3. The third-order valence-corrected chi connectivity index (χ3v) is 6.25. The summed E-state index contributed by atoms with van der Waals surface area (Å²) in [7, 11) is 0. The lowest BCUT2D eigenvalue weighted by Crippen LogP contribution is -2.37. The molecule has 1 aliphatic rings. The minimum atomic E-state index is -0.0698. The fourth-order valence-electron chi connectivity index (χ4n) is 3.39. The van der Waals surface area contributed by atoms with Crippen molar-refractivity contribution < 1.29 is 9.53 Å². The Labute approximate surface area is 186 Å². The van der Waals surface area contributed by atoms with Gasteiger partial charge in [-0.25, -0.2) is 0 Å². The second-order valence-corrected chi connectivity index (χ2v) is 8.63. The van der Waals surface area contributed by atoms with Gasteiger partial charge in [0.15, 0.2) is 5.16 Å². The van der Waals surface area contributed by atoms with E-state index in [1.165, 1.54) is 22.9 Å². The molecule has 1 fully saturated rings. The Balaban J connectivity index is 1.53. The summed E-state index contributed by atoms with van der Waals surface area (Å²) in [5.41, 5.74) is 5.33. The molecule has 4 rings (SSSR count). The normalized spacial score (nSPS) is 14.0. The predicted molar refractivity (Wildman–Crippen MR) is 124 cm³/mol. The van der Waals surface area contributed by atoms with E-state index >= 15 is 0 Å². The summed E-state index contributed by atoms with van der Waals surface area (Å²) in [6.45, 7) is 9.02. The number of rotatable bonds is 6. The highest BCUT2D eigenvalue weighted by Gasteiger charge is 2.22. The zero-order valence-electron chi connectivity index (χ0n) is 18.1. The predicted octanol–water partition coefficient (Wildman–Crippen LogP) is 3.76. The van der Waals surface area contributed by atoms with Crippen molar-refractivity contribution in [2.45, 2.75) is 25.9 Å². The maximum Gasteiger partial charge on any atom is 0.234 e. The highest BCUT2D eigenvalue weighted by molar-refractivity contribution is 7.99. The van der Waals surface area contributed by atoms with Crippen molar-refractivity contribution in [2.24, 2.45) is 0 Å². The number of carbonyl (C=O) groups is 1. The van der Waals surface area contributed by atoms with Crippen LogP contribution in [-0.2, 0) is 9.53 Å². The summed E-state index contributed by atoms with van der Waals surface area (Å²) in [5.74, 6) is 0.962. The van der Waals surface area contributed by atoms with Gasteiger partial charge in [0.05, 0.1) is 24.7 Å². The topological polar surface area (TPSA) is 72.3 Å². The summed E-state index contributed by atoms with van der Waals surface area (Å²) < 4.78 is 7.51. The van der Waals surface area contributed by atoms with Crippen LogP contribution in [0.1, 0.15) is 16.7 Å². The number of anilines is 2. The molecule has 2 heterocycles. The monoisotopic (exact) mass is 437 g/mol. The van der Waals surface area contributed by atoms with Gasteiger partial charge in [-0.2, -0.15) is 0 Å². The van der Waals surface area contributed by atoms with E-state index in [-0.39, 0.29) is 11.7 Å². The number of ether oxygens (including phenoxy) is 1. The van der Waals surface area contributed by atoms with Crippen LogP contribution in [0.4, 0.5) is 11.6 Å². The molecular weight excluding hydrogens is 410 g/mol. The molecule has 1 N–H and O–H groups in total. The molecule has 0 radical (unpaired) electrons. The largest absolute Gasteiger partial charge is 0.378 e. The van der Waals surface area contributed by atoms with Gasteiger partial charge in [0.1, 0.15) is 0 Å². The first kappa shape index (κ1) is 21.4. The Kier molecular flexibility index (Phi) is 6.58. The number of hydrogen-bond donors (Lipinski definition) is 1. The Morgan fingerprint density at radius 1 is 1.03 bits per heavy atom. The van der Waals surface area contributed by atoms with Crippen molar-refractivity contribution in [3.05, 3.63) is 59.2 Å². The second kappa shape index (κ2) is 9.53. The fraction of sp³-hybridized carbons (Fsp3) is 0.348. The van der Waals surface area contributed by atoms with Gasteiger partial charge in [0.25, 0.3) is 0 Å². The molecule has 2 aromatic carbocycles. The average Bonchev–Trinajstić information content (AvgIpc) is 3.20. The smallest absolute Gasteiger partial charge is 0.234 e. The number of morpholine rings is 1. The molecule has 0 aliphatic carbocycles. The molecule has 0 spiro atoms. The molecule has 1 saturated heterocycles. The first-order valence-electron chi connectivity index (χ1n) is 10.4. The zero-order chi connectivity index (χ0) is 21.8. The van der Waals surface area contributed by atoms with Gasteiger partial charge in [-0.1, -0.05) is 35.5 Å². The molecule has 7 nitrogen and oxygen atoms in total. The second-order valence-electron chi connectivity index (χ2n) is 7.69. The van der Waals surface area contributed by atoms with Crippen molar-refractivity contribution in [3.8, 4) is 5.69 Å². The van der Waals surface area contributed by atoms with E-state index in [4.69, 9.17) is 4.74 Å². The molecule has 1 aromatic heterocycles. The van der Waals surface area contributed by atoms with Crippen LogP contribution < -0.4 is 10.2 Å². The third-order valence-electron chi connectivity index (χ3n) is 5.33. The van der Waals surface area contributed by atoms with Crippen LogP contribution in [-0.4, -0.2) is 52.7 Å². The highest BCUT2D eigenvalue weighted by Crippen LogP contribution is 2.27. The minimum Gasteiger partial charge on any atom is -0.378 e. The molecule has 8 heteroatoms. The van der Waals surface area contributed by atoms with E-state index in [1.54, 1.807) is 0 Å². The fourth-order valence-corrected chi connectivity index (χ4v) is 4.14. The van der Waals surface area contributed by atoms with Crippen molar-refractivity contribution in [2.75, 3.05) is 42.3 Å². The van der Waals surface area contributed by atoms with Crippen LogP contribution in [0.5, 0.6) is 0 Å². The van der Waals surface area contributed by atoms with Gasteiger partial charge in [-0.15, -0.1) is 10.2 Å². The van der Waals surface area contributed by atoms with Crippen molar-refractivity contribution in [3.63, 3.8) is 0 Å². The Morgan fingerprint density at radius 3 is 2.48 bits per heavy atom. The quantitative estimate of drug-likeness (QED) is 0.592. The molecule has 0 unspecified atom stereocenters. The van der Waals surface area contributed by atoms with Crippen LogP contribution in [0.3, 0.4) is 0 Å². The van der Waals surface area contributed by atoms with Gasteiger partial charge >= 0.3 is 0 Å². The van der Waals surface area contributed by atoms with E-state index in [0.717, 1.165) is 36.0 Å². The first-order valence-corrected chi connectivity index (χ1v) is 11.3. The highest BCUT2D eigenvalue weighted by atomic mass is 32.2. The average molecular weight is 438 g/mol. The SMILES string of the molecule is Cc1ccc(-n2c(SCC(=O)Nc3ccc(C)c(C)c3)nnc2N2CCOCC2)cc1. The molecule has 31 heavy (non-hydrogen) atoms. The number of carbonyl (C=O) groups excluding carboxylic acids is 1. The number of hydrogen-bond acceptors (Lipinski definition) is 6. The van der Waals surface area contributed by atoms with E-state index in [0.29, 0.717) is 18.4 Å². The number of nitrogens with one attached hydrogen (secondary N) is 1. The Hall–Kier alpha value is -2.84. The lowest BCUT2D eigenvalue weighted by Gasteiger charge is -2.27. The summed E-state index contributed by atoms with van der Waals surface area (Å²) in [5, 5.41) is 12.5. The standard InChI is InChI=1S/C23H27N5O2S/c1-16-4-8-20(9-5-16)28-22(27-10-12-30-13-11-27)25-26-23(28)31-15-21(29)24-19-7-6-17(2)18(3)14-19/h4-9,14H,10-13,15H2,1-3H3,(H,24,29). The molecule has 0 bridgehead atoms. The summed E-state index contributed by atoms with van der Waals surface area (Å²) in [4.78, 5) is 14.7. The van der Waals surface area contributed by atoms with E-state index < -0.39 is 0 Å². The molecule has 1 amide bonds. The minimum absolute atomic E-state index is 0.0698. The van der Waals surface area contributed by atoms with Crippen LogP contribution in [0.25, 0.3) is 5.69 Å². The molecule has 162 valence electrons. The van der Waals surface area contributed by atoms with Gasteiger partial charge in [0.2, 0.25) is 11.9 Å². The molecule has 1 aliphatic heterocycles.